The molecule has 2 rings (SSSR count). The SMILES string of the molecule is CCOc1cc(NC(=NC)NCc2ccc(C#N)cc2)ccc1OC. The zero-order valence-corrected chi connectivity index (χ0v) is 14.7. The Bertz CT molecular complexity index is 764. The molecule has 6 heteroatoms. The van der Waals surface area contributed by atoms with Gasteiger partial charge in [0.1, 0.15) is 0 Å². The lowest BCUT2D eigenvalue weighted by Gasteiger charge is -2.14. The van der Waals surface area contributed by atoms with Crippen LogP contribution in [0.3, 0.4) is 0 Å². The fourth-order valence-corrected chi connectivity index (χ4v) is 2.22. The van der Waals surface area contributed by atoms with Crippen LogP contribution in [0.15, 0.2) is 47.5 Å². The zero-order valence-electron chi connectivity index (χ0n) is 14.7. The molecule has 2 aromatic rings. The first-order valence-corrected chi connectivity index (χ1v) is 7.97. The number of hydrogen-bond donors (Lipinski definition) is 2. The first-order valence-electron chi connectivity index (χ1n) is 7.97. The highest BCUT2D eigenvalue weighted by Crippen LogP contribution is 2.30. The van der Waals surface area contributed by atoms with Crippen molar-refractivity contribution in [2.24, 2.45) is 4.99 Å². The van der Waals surface area contributed by atoms with Gasteiger partial charge in [0, 0.05) is 25.3 Å². The standard InChI is InChI=1S/C19H22N4O2/c1-4-25-18-11-16(9-10-17(18)24-3)23-19(21-2)22-13-15-7-5-14(12-20)6-8-15/h5-11H,4,13H2,1-3H3,(H2,21,22,23). The third-order valence-electron chi connectivity index (χ3n) is 3.49. The van der Waals surface area contributed by atoms with Gasteiger partial charge in [-0.25, -0.2) is 0 Å². The normalized spacial score (nSPS) is 10.7. The predicted molar refractivity (Wildman–Crippen MR) is 99.1 cm³/mol. The van der Waals surface area contributed by atoms with Gasteiger partial charge in [-0.1, -0.05) is 12.1 Å². The number of benzene rings is 2. The minimum Gasteiger partial charge on any atom is -0.493 e. The van der Waals surface area contributed by atoms with Crippen LogP contribution in [-0.2, 0) is 6.54 Å². The molecular weight excluding hydrogens is 316 g/mol. The Morgan fingerprint density at radius 2 is 1.92 bits per heavy atom. The van der Waals surface area contributed by atoms with E-state index in [2.05, 4.69) is 21.7 Å². The van der Waals surface area contributed by atoms with Crippen molar-refractivity contribution in [3.63, 3.8) is 0 Å². The van der Waals surface area contributed by atoms with Crippen LogP contribution in [0.25, 0.3) is 0 Å². The molecule has 0 radical (unpaired) electrons. The average molecular weight is 338 g/mol. The van der Waals surface area contributed by atoms with E-state index in [1.54, 1.807) is 26.3 Å². The number of anilines is 1. The number of aliphatic imine (C=N–C) groups is 1. The molecule has 130 valence electrons. The van der Waals surface area contributed by atoms with Gasteiger partial charge in [0.15, 0.2) is 17.5 Å². The topological polar surface area (TPSA) is 78.7 Å². The van der Waals surface area contributed by atoms with E-state index >= 15 is 0 Å². The number of nitrogens with zero attached hydrogens (tertiary/aromatic N) is 2. The molecule has 0 saturated carbocycles. The Kier molecular flexibility index (Phi) is 6.66. The molecule has 0 aliphatic heterocycles. The van der Waals surface area contributed by atoms with Crippen LogP contribution in [0.2, 0.25) is 0 Å². The highest BCUT2D eigenvalue weighted by molar-refractivity contribution is 5.93. The van der Waals surface area contributed by atoms with Crippen molar-refractivity contribution in [3.05, 3.63) is 53.6 Å². The van der Waals surface area contributed by atoms with Crippen molar-refractivity contribution in [2.45, 2.75) is 13.5 Å². The van der Waals surface area contributed by atoms with Crippen molar-refractivity contribution in [1.82, 2.24) is 5.32 Å². The van der Waals surface area contributed by atoms with Crippen molar-refractivity contribution in [3.8, 4) is 17.6 Å². The Morgan fingerprint density at radius 3 is 2.52 bits per heavy atom. The van der Waals surface area contributed by atoms with E-state index < -0.39 is 0 Å². The molecular formula is C19H22N4O2. The summed E-state index contributed by atoms with van der Waals surface area (Å²) in [5.74, 6) is 2.00. The maximum absolute atomic E-state index is 8.83. The Morgan fingerprint density at radius 1 is 1.16 bits per heavy atom. The molecule has 0 heterocycles. The van der Waals surface area contributed by atoms with Crippen LogP contribution >= 0.6 is 0 Å². The van der Waals surface area contributed by atoms with Gasteiger partial charge in [-0.15, -0.1) is 0 Å². The number of hydrogen-bond acceptors (Lipinski definition) is 4. The molecule has 2 N–H and O–H groups in total. The summed E-state index contributed by atoms with van der Waals surface area (Å²) in [4.78, 5) is 4.22. The lowest BCUT2D eigenvalue weighted by Crippen LogP contribution is -2.30. The number of nitriles is 1. The lowest BCUT2D eigenvalue weighted by atomic mass is 10.1. The second-order valence-corrected chi connectivity index (χ2v) is 5.16. The largest absolute Gasteiger partial charge is 0.493 e. The number of rotatable bonds is 6. The predicted octanol–water partition coefficient (Wildman–Crippen LogP) is 3.15. The molecule has 0 atom stereocenters. The summed E-state index contributed by atoms with van der Waals surface area (Å²) in [7, 11) is 3.32. The van der Waals surface area contributed by atoms with Crippen molar-refractivity contribution < 1.29 is 9.47 Å². The van der Waals surface area contributed by atoms with Crippen LogP contribution in [-0.4, -0.2) is 26.7 Å². The van der Waals surface area contributed by atoms with Gasteiger partial charge in [-0.05, 0) is 36.8 Å². The first kappa shape index (κ1) is 18.1. The van der Waals surface area contributed by atoms with Gasteiger partial charge in [0.05, 0.1) is 25.3 Å². The summed E-state index contributed by atoms with van der Waals surface area (Å²) < 4.78 is 10.9. The van der Waals surface area contributed by atoms with Crippen LogP contribution < -0.4 is 20.1 Å². The third kappa shape index (κ3) is 5.15. The highest BCUT2D eigenvalue weighted by Gasteiger charge is 2.07. The molecule has 6 nitrogen and oxygen atoms in total. The fraction of sp³-hybridized carbons (Fsp3) is 0.263. The smallest absolute Gasteiger partial charge is 0.195 e. The van der Waals surface area contributed by atoms with E-state index in [0.29, 0.717) is 36.2 Å². The summed E-state index contributed by atoms with van der Waals surface area (Å²) in [6, 6.07) is 15.2. The first-order chi connectivity index (χ1) is 12.2. The maximum atomic E-state index is 8.83. The third-order valence-corrected chi connectivity index (χ3v) is 3.49. The van der Waals surface area contributed by atoms with Crippen LogP contribution in [0, 0.1) is 11.3 Å². The average Bonchev–Trinajstić information content (AvgIpc) is 2.66. The summed E-state index contributed by atoms with van der Waals surface area (Å²) in [5, 5.41) is 15.3. The van der Waals surface area contributed by atoms with Crippen molar-refractivity contribution >= 4 is 11.6 Å². The monoisotopic (exact) mass is 338 g/mol. The number of ether oxygens (including phenoxy) is 2. The Balaban J connectivity index is 2.01. The van der Waals surface area contributed by atoms with E-state index in [4.69, 9.17) is 14.7 Å². The number of methoxy groups -OCH3 is 1. The summed E-state index contributed by atoms with van der Waals surface area (Å²) in [6.07, 6.45) is 0. The molecule has 0 fully saturated rings. The Labute approximate surface area is 148 Å². The van der Waals surface area contributed by atoms with Crippen molar-refractivity contribution in [2.75, 3.05) is 26.1 Å². The lowest BCUT2D eigenvalue weighted by molar-refractivity contribution is 0.311. The molecule has 25 heavy (non-hydrogen) atoms. The molecule has 0 spiro atoms. The van der Waals surface area contributed by atoms with Gasteiger partial charge < -0.3 is 20.1 Å². The summed E-state index contributed by atoms with van der Waals surface area (Å²) >= 11 is 0. The van der Waals surface area contributed by atoms with Gasteiger partial charge in [0.25, 0.3) is 0 Å². The summed E-state index contributed by atoms with van der Waals surface area (Å²) in [5.41, 5.74) is 2.55. The molecule has 0 amide bonds. The van der Waals surface area contributed by atoms with E-state index in [9.17, 15) is 0 Å². The minimum atomic E-state index is 0.561. The summed E-state index contributed by atoms with van der Waals surface area (Å²) in [6.45, 7) is 3.09. The van der Waals surface area contributed by atoms with Crippen LogP contribution in [0.5, 0.6) is 11.5 Å². The molecule has 0 bridgehead atoms. The van der Waals surface area contributed by atoms with Gasteiger partial charge in [-0.3, -0.25) is 4.99 Å². The quantitative estimate of drug-likeness (QED) is 0.625. The molecule has 0 aliphatic carbocycles. The van der Waals surface area contributed by atoms with Crippen LogP contribution in [0.1, 0.15) is 18.1 Å². The zero-order chi connectivity index (χ0) is 18.1. The maximum Gasteiger partial charge on any atom is 0.195 e. The van der Waals surface area contributed by atoms with Gasteiger partial charge in [-0.2, -0.15) is 5.26 Å². The second kappa shape index (κ2) is 9.18. The molecule has 0 saturated heterocycles. The molecule has 2 aromatic carbocycles. The van der Waals surface area contributed by atoms with E-state index in [-0.39, 0.29) is 0 Å². The number of guanidine groups is 1. The van der Waals surface area contributed by atoms with Crippen LogP contribution in [0.4, 0.5) is 5.69 Å². The molecule has 0 unspecified atom stereocenters. The van der Waals surface area contributed by atoms with E-state index in [0.717, 1.165) is 11.3 Å². The van der Waals surface area contributed by atoms with E-state index in [1.165, 1.54) is 0 Å². The number of nitrogens with one attached hydrogen (secondary N) is 2. The van der Waals surface area contributed by atoms with Gasteiger partial charge in [0.2, 0.25) is 0 Å². The molecule has 0 aliphatic rings. The fourth-order valence-electron chi connectivity index (χ4n) is 2.22. The van der Waals surface area contributed by atoms with E-state index in [1.807, 2.05) is 37.3 Å². The Hall–Kier alpha value is -3.20. The second-order valence-electron chi connectivity index (χ2n) is 5.16. The van der Waals surface area contributed by atoms with Crippen molar-refractivity contribution in [1.29, 1.82) is 5.26 Å². The minimum absolute atomic E-state index is 0.561. The van der Waals surface area contributed by atoms with Gasteiger partial charge >= 0.3 is 0 Å². The molecule has 0 aromatic heterocycles. The highest BCUT2D eigenvalue weighted by atomic mass is 16.5.